The van der Waals surface area contributed by atoms with Crippen LogP contribution in [-0.4, -0.2) is 42.3 Å². The van der Waals surface area contributed by atoms with Gasteiger partial charge in [-0.25, -0.2) is 4.79 Å². The van der Waals surface area contributed by atoms with E-state index in [-0.39, 0.29) is 11.5 Å². The van der Waals surface area contributed by atoms with E-state index in [2.05, 4.69) is 10.6 Å². The van der Waals surface area contributed by atoms with Gasteiger partial charge in [0.25, 0.3) is 12.1 Å². The minimum absolute atomic E-state index is 0.0329. The lowest BCUT2D eigenvalue weighted by Crippen LogP contribution is -2.49. The van der Waals surface area contributed by atoms with E-state index >= 15 is 0 Å². The third-order valence-electron chi connectivity index (χ3n) is 6.09. The summed E-state index contributed by atoms with van der Waals surface area (Å²) in [6.45, 7) is 2.12. The van der Waals surface area contributed by atoms with Crippen molar-refractivity contribution in [3.8, 4) is 11.5 Å². The van der Waals surface area contributed by atoms with Crippen LogP contribution >= 0.6 is 0 Å². The summed E-state index contributed by atoms with van der Waals surface area (Å²) < 4.78 is 11.6. The van der Waals surface area contributed by atoms with Gasteiger partial charge in [0.15, 0.2) is 0 Å². The second kappa shape index (κ2) is 11.1. The van der Waals surface area contributed by atoms with Crippen molar-refractivity contribution in [2.45, 2.75) is 51.7 Å². The molecule has 2 bridgehead atoms. The molecule has 0 aliphatic carbocycles. The lowest BCUT2D eigenvalue weighted by atomic mass is 9.99. The Labute approximate surface area is 203 Å². The van der Waals surface area contributed by atoms with Crippen LogP contribution in [0.5, 0.6) is 11.5 Å². The SMILES string of the molecule is CC(=O)NC1Oc2c3ccccc3c(O)c3ccc(cc23)C(=O)OCCCCCCCCNC1=O. The summed E-state index contributed by atoms with van der Waals surface area (Å²) in [5.41, 5.74) is 0.304. The Morgan fingerprint density at radius 2 is 1.63 bits per heavy atom. The normalized spacial score (nSPS) is 18.3. The number of benzene rings is 3. The van der Waals surface area contributed by atoms with Gasteiger partial charge < -0.3 is 25.2 Å². The maximum absolute atomic E-state index is 13.0. The molecule has 1 atom stereocenters. The van der Waals surface area contributed by atoms with Crippen LogP contribution in [0.4, 0.5) is 0 Å². The minimum atomic E-state index is -1.29. The summed E-state index contributed by atoms with van der Waals surface area (Å²) in [6.07, 6.45) is 4.26. The first-order valence-electron chi connectivity index (χ1n) is 12.0. The van der Waals surface area contributed by atoms with Gasteiger partial charge in [0.05, 0.1) is 12.2 Å². The van der Waals surface area contributed by atoms with Gasteiger partial charge in [-0.05, 0) is 31.0 Å². The third-order valence-corrected chi connectivity index (χ3v) is 6.09. The quantitative estimate of drug-likeness (QED) is 0.357. The molecule has 35 heavy (non-hydrogen) atoms. The Morgan fingerprint density at radius 1 is 0.943 bits per heavy atom. The maximum Gasteiger partial charge on any atom is 0.338 e. The van der Waals surface area contributed by atoms with Crippen LogP contribution in [0.25, 0.3) is 21.5 Å². The molecule has 184 valence electrons. The Balaban J connectivity index is 1.84. The Bertz CT molecular complexity index is 1260. The van der Waals surface area contributed by atoms with E-state index in [0.717, 1.165) is 38.5 Å². The number of ether oxygens (including phenoxy) is 2. The number of nitrogens with one attached hydrogen (secondary N) is 2. The first-order valence-corrected chi connectivity index (χ1v) is 12.0. The first-order chi connectivity index (χ1) is 17.0. The van der Waals surface area contributed by atoms with E-state index in [4.69, 9.17) is 9.47 Å². The second-order valence-corrected chi connectivity index (χ2v) is 8.73. The van der Waals surface area contributed by atoms with Crippen LogP contribution in [0.15, 0.2) is 42.5 Å². The molecule has 0 fully saturated rings. The number of esters is 1. The largest absolute Gasteiger partial charge is 0.507 e. The van der Waals surface area contributed by atoms with E-state index in [1.165, 1.54) is 6.92 Å². The summed E-state index contributed by atoms with van der Waals surface area (Å²) in [5.74, 6) is -1.06. The van der Waals surface area contributed by atoms with Crippen LogP contribution in [0.2, 0.25) is 0 Å². The van der Waals surface area contributed by atoms with E-state index < -0.39 is 24.0 Å². The van der Waals surface area contributed by atoms with Crippen molar-refractivity contribution in [2.24, 2.45) is 0 Å². The Morgan fingerprint density at radius 3 is 2.40 bits per heavy atom. The molecule has 4 rings (SSSR count). The van der Waals surface area contributed by atoms with Gasteiger partial charge in [-0.2, -0.15) is 0 Å². The molecule has 8 nitrogen and oxygen atoms in total. The van der Waals surface area contributed by atoms with Gasteiger partial charge in [0.2, 0.25) is 5.91 Å². The van der Waals surface area contributed by atoms with Crippen molar-refractivity contribution < 1.29 is 29.0 Å². The molecule has 0 spiro atoms. The van der Waals surface area contributed by atoms with Crippen LogP contribution in [0.3, 0.4) is 0 Å². The third kappa shape index (κ3) is 5.65. The molecule has 1 aliphatic heterocycles. The first kappa shape index (κ1) is 24.3. The van der Waals surface area contributed by atoms with Crippen molar-refractivity contribution in [1.82, 2.24) is 10.6 Å². The Hall–Kier alpha value is -3.81. The molecule has 2 amide bonds. The van der Waals surface area contributed by atoms with Crippen LogP contribution in [0, 0.1) is 0 Å². The average Bonchev–Trinajstić information content (AvgIpc) is 2.85. The number of fused-ring (bicyclic) bond motifs is 3. The number of hydrogen-bond donors (Lipinski definition) is 3. The molecule has 8 heteroatoms. The zero-order valence-corrected chi connectivity index (χ0v) is 19.8. The molecule has 3 N–H and O–H groups in total. The lowest BCUT2D eigenvalue weighted by molar-refractivity contribution is -0.134. The number of phenolic OH excluding ortho intramolecular Hbond substituents is 1. The lowest BCUT2D eigenvalue weighted by Gasteiger charge is -2.22. The zero-order chi connectivity index (χ0) is 24.8. The van der Waals surface area contributed by atoms with Crippen molar-refractivity contribution in [3.63, 3.8) is 0 Å². The highest BCUT2D eigenvalue weighted by molar-refractivity contribution is 6.12. The maximum atomic E-state index is 13.0. The fourth-order valence-electron chi connectivity index (χ4n) is 4.31. The summed E-state index contributed by atoms with van der Waals surface area (Å²) >= 11 is 0. The summed E-state index contributed by atoms with van der Waals surface area (Å²) in [6, 6.07) is 11.9. The molecule has 1 aliphatic rings. The number of carbonyl (C=O) groups excluding carboxylic acids is 3. The van der Waals surface area contributed by atoms with E-state index in [1.54, 1.807) is 42.5 Å². The van der Waals surface area contributed by atoms with Gasteiger partial charge in [-0.1, -0.05) is 49.9 Å². The predicted octanol–water partition coefficient (Wildman–Crippen LogP) is 4.17. The van der Waals surface area contributed by atoms with Crippen molar-refractivity contribution in [1.29, 1.82) is 0 Å². The van der Waals surface area contributed by atoms with E-state index in [0.29, 0.717) is 40.3 Å². The number of aromatic hydroxyl groups is 1. The fourth-order valence-corrected chi connectivity index (χ4v) is 4.31. The molecule has 0 radical (unpaired) electrons. The van der Waals surface area contributed by atoms with Crippen molar-refractivity contribution in [3.05, 3.63) is 48.0 Å². The van der Waals surface area contributed by atoms with Crippen molar-refractivity contribution >= 4 is 39.3 Å². The molecule has 0 saturated heterocycles. The average molecular weight is 479 g/mol. The molecule has 0 saturated carbocycles. The van der Waals surface area contributed by atoms with Crippen molar-refractivity contribution in [2.75, 3.05) is 13.2 Å². The monoisotopic (exact) mass is 478 g/mol. The number of hydrogen-bond acceptors (Lipinski definition) is 6. The van der Waals surface area contributed by atoms with Gasteiger partial charge >= 0.3 is 5.97 Å². The highest BCUT2D eigenvalue weighted by atomic mass is 16.5. The van der Waals surface area contributed by atoms with Gasteiger partial charge in [-0.3, -0.25) is 9.59 Å². The summed E-state index contributed by atoms with van der Waals surface area (Å²) in [4.78, 5) is 37.6. The predicted molar refractivity (Wildman–Crippen MR) is 132 cm³/mol. The number of cyclic esters (lactones) is 1. The highest BCUT2D eigenvalue weighted by Gasteiger charge is 2.25. The standard InChI is InChI=1S/C27H30N2O6/c1-17(30)29-26-25(32)28-14-8-4-2-3-5-9-15-34-27(33)18-12-13-20-22(16-18)24(35-26)21-11-7-6-10-19(21)23(20)31/h6-7,10-13,16,26,31H,2-5,8-9,14-15H2,1H3,(H,28,32)(H,29,30). The van der Waals surface area contributed by atoms with Gasteiger partial charge in [-0.15, -0.1) is 0 Å². The van der Waals surface area contributed by atoms with E-state index in [1.807, 2.05) is 0 Å². The topological polar surface area (TPSA) is 114 Å². The van der Waals surface area contributed by atoms with Gasteiger partial charge in [0.1, 0.15) is 11.5 Å². The zero-order valence-electron chi connectivity index (χ0n) is 19.8. The minimum Gasteiger partial charge on any atom is -0.507 e. The van der Waals surface area contributed by atoms with Crippen LogP contribution < -0.4 is 15.4 Å². The van der Waals surface area contributed by atoms with Crippen LogP contribution in [-0.2, 0) is 14.3 Å². The second-order valence-electron chi connectivity index (χ2n) is 8.73. The molecular formula is C27H30N2O6. The molecule has 3 aromatic rings. The highest BCUT2D eigenvalue weighted by Crippen LogP contribution is 2.42. The number of carbonyl (C=O) groups is 3. The van der Waals surface area contributed by atoms with Gasteiger partial charge in [0, 0.05) is 35.0 Å². The summed E-state index contributed by atoms with van der Waals surface area (Å²) in [5, 5.41) is 18.3. The molecule has 3 aromatic carbocycles. The number of amides is 2. The Kier molecular flexibility index (Phi) is 7.70. The molecular weight excluding hydrogens is 448 g/mol. The fraction of sp³-hybridized carbons (Fsp3) is 0.370. The van der Waals surface area contributed by atoms with E-state index in [9.17, 15) is 19.5 Å². The number of phenols is 1. The number of rotatable bonds is 1. The molecule has 1 unspecified atom stereocenters. The summed E-state index contributed by atoms with van der Waals surface area (Å²) in [7, 11) is 0. The smallest absolute Gasteiger partial charge is 0.338 e. The molecule has 0 aromatic heterocycles. The molecule has 1 heterocycles. The van der Waals surface area contributed by atoms with Crippen LogP contribution in [0.1, 0.15) is 55.8 Å².